The molecule has 2 fully saturated rings. The van der Waals surface area contributed by atoms with Crippen molar-refractivity contribution in [3.8, 4) is 0 Å². The summed E-state index contributed by atoms with van der Waals surface area (Å²) in [6.07, 6.45) is 0.983. The zero-order valence-electron chi connectivity index (χ0n) is 14.9. The highest BCUT2D eigenvalue weighted by molar-refractivity contribution is 7.89. The third-order valence-corrected chi connectivity index (χ3v) is 7.07. The van der Waals surface area contributed by atoms with Gasteiger partial charge in [-0.1, -0.05) is 0 Å². The van der Waals surface area contributed by atoms with E-state index in [1.807, 2.05) is 5.01 Å². The number of piperazine rings is 1. The molecule has 1 aromatic rings. The SMILES string of the molecule is C[NH+]1CCN(NC(=O)C2CCN(S(=O)(=O)c3ccc(F)cc3)CC2)CC1. The summed E-state index contributed by atoms with van der Waals surface area (Å²) in [5.74, 6) is -0.671. The van der Waals surface area contributed by atoms with Crippen LogP contribution in [0.5, 0.6) is 0 Å². The molecule has 2 aliphatic heterocycles. The summed E-state index contributed by atoms with van der Waals surface area (Å²) in [7, 11) is -1.50. The second kappa shape index (κ2) is 7.99. The molecule has 7 nitrogen and oxygen atoms in total. The first kappa shape index (κ1) is 19.2. The van der Waals surface area contributed by atoms with Crippen molar-refractivity contribution in [1.82, 2.24) is 14.7 Å². The van der Waals surface area contributed by atoms with Crippen LogP contribution in [0.4, 0.5) is 4.39 Å². The van der Waals surface area contributed by atoms with Crippen LogP contribution in [0.15, 0.2) is 29.2 Å². The average Bonchev–Trinajstić information content (AvgIpc) is 2.64. The van der Waals surface area contributed by atoms with Crippen LogP contribution >= 0.6 is 0 Å². The normalized spacial score (nSPS) is 21.6. The molecule has 2 N–H and O–H groups in total. The van der Waals surface area contributed by atoms with E-state index in [0.717, 1.165) is 38.3 Å². The summed E-state index contributed by atoms with van der Waals surface area (Å²) >= 11 is 0. The molecule has 1 aromatic carbocycles. The Morgan fingerprint density at radius 2 is 1.69 bits per heavy atom. The second-order valence-corrected chi connectivity index (χ2v) is 8.99. The number of sulfonamides is 1. The number of quaternary nitrogens is 1. The third-order valence-electron chi connectivity index (χ3n) is 5.16. The first-order valence-corrected chi connectivity index (χ1v) is 10.4. The number of carbonyl (C=O) groups excluding carboxylic acids is 1. The van der Waals surface area contributed by atoms with Crippen molar-refractivity contribution in [3.05, 3.63) is 30.1 Å². The van der Waals surface area contributed by atoms with Crippen molar-refractivity contribution >= 4 is 15.9 Å². The fourth-order valence-corrected chi connectivity index (χ4v) is 4.83. The molecule has 1 amide bonds. The van der Waals surface area contributed by atoms with Crippen LogP contribution in [0.3, 0.4) is 0 Å². The molecule has 0 atom stereocenters. The van der Waals surface area contributed by atoms with Crippen LogP contribution in [-0.2, 0) is 14.8 Å². The summed E-state index contributed by atoms with van der Waals surface area (Å²) in [4.78, 5) is 14.0. The van der Waals surface area contributed by atoms with Crippen molar-refractivity contribution in [2.45, 2.75) is 17.7 Å². The minimum Gasteiger partial charge on any atom is -0.335 e. The maximum Gasteiger partial charge on any atom is 0.243 e. The lowest BCUT2D eigenvalue weighted by molar-refractivity contribution is -0.884. The number of likely N-dealkylation sites (N-methyl/N-ethyl adjacent to an activating group) is 1. The molecule has 2 saturated heterocycles. The van der Waals surface area contributed by atoms with Crippen LogP contribution in [0.25, 0.3) is 0 Å². The minimum atomic E-state index is -3.64. The number of amides is 1. The predicted molar refractivity (Wildman–Crippen MR) is 94.2 cm³/mol. The molecular weight excluding hydrogens is 359 g/mol. The molecular formula is C17H26FN4O3S+. The van der Waals surface area contributed by atoms with Gasteiger partial charge in [-0.3, -0.25) is 10.2 Å². The molecule has 0 saturated carbocycles. The highest BCUT2D eigenvalue weighted by atomic mass is 32.2. The standard InChI is InChI=1S/C17H25FN4O3S/c1-20-10-12-21(13-11-20)19-17(23)14-6-8-22(9-7-14)26(24,25)16-4-2-15(18)3-5-16/h2-5,14H,6-13H2,1H3,(H,19,23)/p+1. The van der Waals surface area contributed by atoms with Crippen LogP contribution in [-0.4, -0.2) is 70.0 Å². The Hall–Kier alpha value is -1.55. The van der Waals surface area contributed by atoms with E-state index in [9.17, 15) is 17.6 Å². The Bertz CT molecular complexity index is 725. The van der Waals surface area contributed by atoms with Crippen molar-refractivity contribution in [2.24, 2.45) is 5.92 Å². The lowest BCUT2D eigenvalue weighted by atomic mass is 9.97. The van der Waals surface area contributed by atoms with Gasteiger partial charge in [-0.25, -0.2) is 17.8 Å². The van der Waals surface area contributed by atoms with Crippen molar-refractivity contribution in [2.75, 3.05) is 46.3 Å². The maximum absolute atomic E-state index is 13.0. The van der Waals surface area contributed by atoms with Crippen molar-refractivity contribution in [3.63, 3.8) is 0 Å². The van der Waals surface area contributed by atoms with Gasteiger partial charge in [-0.05, 0) is 37.1 Å². The Balaban J connectivity index is 1.53. The molecule has 0 unspecified atom stereocenters. The lowest BCUT2D eigenvalue weighted by Crippen LogP contribution is -3.12. The van der Waals surface area contributed by atoms with Crippen molar-refractivity contribution in [1.29, 1.82) is 0 Å². The van der Waals surface area contributed by atoms with E-state index in [0.29, 0.717) is 25.9 Å². The zero-order chi connectivity index (χ0) is 18.7. The van der Waals surface area contributed by atoms with E-state index in [1.54, 1.807) is 0 Å². The third kappa shape index (κ3) is 4.40. The average molecular weight is 385 g/mol. The molecule has 2 heterocycles. The van der Waals surface area contributed by atoms with Gasteiger partial charge in [0.25, 0.3) is 0 Å². The fourth-order valence-electron chi connectivity index (χ4n) is 3.36. The molecule has 0 bridgehead atoms. The maximum atomic E-state index is 13.0. The molecule has 144 valence electrons. The predicted octanol–water partition coefficient (Wildman–Crippen LogP) is -0.912. The van der Waals surface area contributed by atoms with Gasteiger partial charge in [-0.2, -0.15) is 4.31 Å². The van der Waals surface area contributed by atoms with Gasteiger partial charge in [0.15, 0.2) is 0 Å². The highest BCUT2D eigenvalue weighted by Gasteiger charge is 2.33. The van der Waals surface area contributed by atoms with E-state index >= 15 is 0 Å². The number of piperidine rings is 1. The van der Waals surface area contributed by atoms with E-state index in [-0.39, 0.29) is 16.7 Å². The number of nitrogens with one attached hydrogen (secondary N) is 2. The lowest BCUT2D eigenvalue weighted by Gasteiger charge is -2.34. The van der Waals surface area contributed by atoms with Crippen LogP contribution < -0.4 is 10.3 Å². The van der Waals surface area contributed by atoms with Crippen LogP contribution in [0.1, 0.15) is 12.8 Å². The molecule has 9 heteroatoms. The van der Waals surface area contributed by atoms with Crippen LogP contribution in [0, 0.1) is 11.7 Å². The van der Waals surface area contributed by atoms with E-state index in [2.05, 4.69) is 12.5 Å². The first-order valence-electron chi connectivity index (χ1n) is 8.99. The molecule has 0 radical (unpaired) electrons. The smallest absolute Gasteiger partial charge is 0.243 e. The number of hydrazine groups is 1. The summed E-state index contributed by atoms with van der Waals surface area (Å²) in [6.45, 7) is 4.24. The second-order valence-electron chi connectivity index (χ2n) is 7.05. The molecule has 3 rings (SSSR count). The molecule has 0 aromatic heterocycles. The Morgan fingerprint density at radius 1 is 1.12 bits per heavy atom. The molecule has 26 heavy (non-hydrogen) atoms. The van der Waals surface area contributed by atoms with Gasteiger partial charge < -0.3 is 4.90 Å². The number of nitrogens with zero attached hydrogens (tertiary/aromatic N) is 2. The van der Waals surface area contributed by atoms with Gasteiger partial charge in [0.05, 0.1) is 38.1 Å². The monoisotopic (exact) mass is 385 g/mol. The van der Waals surface area contributed by atoms with Gasteiger partial charge in [0.1, 0.15) is 5.82 Å². The quantitative estimate of drug-likeness (QED) is 0.704. The highest BCUT2D eigenvalue weighted by Crippen LogP contribution is 2.24. The van der Waals surface area contributed by atoms with E-state index in [1.165, 1.54) is 21.3 Å². The van der Waals surface area contributed by atoms with Gasteiger partial charge >= 0.3 is 0 Å². The zero-order valence-corrected chi connectivity index (χ0v) is 15.8. The Labute approximate surface area is 153 Å². The number of rotatable bonds is 4. The number of hydrogen-bond donors (Lipinski definition) is 2. The Kier molecular flexibility index (Phi) is 5.91. The number of benzene rings is 1. The van der Waals surface area contributed by atoms with Crippen molar-refractivity contribution < 1.29 is 22.5 Å². The van der Waals surface area contributed by atoms with E-state index in [4.69, 9.17) is 0 Å². The largest absolute Gasteiger partial charge is 0.335 e. The van der Waals surface area contributed by atoms with Crippen LogP contribution in [0.2, 0.25) is 0 Å². The molecule has 2 aliphatic rings. The van der Waals surface area contributed by atoms with Gasteiger partial charge in [0.2, 0.25) is 15.9 Å². The number of hydrogen-bond acceptors (Lipinski definition) is 4. The minimum absolute atomic E-state index is 0.0246. The molecule has 0 spiro atoms. The summed E-state index contributed by atoms with van der Waals surface area (Å²) in [5.41, 5.74) is 2.97. The number of halogens is 1. The van der Waals surface area contributed by atoms with E-state index < -0.39 is 15.8 Å². The molecule has 0 aliphatic carbocycles. The summed E-state index contributed by atoms with van der Waals surface area (Å²) < 4.78 is 39.6. The summed E-state index contributed by atoms with van der Waals surface area (Å²) in [5, 5.41) is 1.96. The van der Waals surface area contributed by atoms with Gasteiger partial charge in [0, 0.05) is 19.0 Å². The Morgan fingerprint density at radius 3 is 2.27 bits per heavy atom. The fraction of sp³-hybridized carbons (Fsp3) is 0.588. The first-order chi connectivity index (χ1) is 12.4. The summed E-state index contributed by atoms with van der Waals surface area (Å²) in [6, 6.07) is 4.84. The number of carbonyl (C=O) groups is 1. The topological polar surface area (TPSA) is 74.2 Å². The van der Waals surface area contributed by atoms with Gasteiger partial charge in [-0.15, -0.1) is 0 Å².